The molecule has 0 aromatic heterocycles. The Balaban J connectivity index is 1.77. The highest BCUT2D eigenvalue weighted by Gasteiger charge is 2.33. The molecule has 0 spiro atoms. The van der Waals surface area contributed by atoms with Gasteiger partial charge >= 0.3 is 0 Å². The lowest BCUT2D eigenvalue weighted by Gasteiger charge is -2.33. The van der Waals surface area contributed by atoms with Crippen LogP contribution in [0.3, 0.4) is 0 Å². The minimum absolute atomic E-state index is 0.0860. The molecule has 0 aliphatic carbocycles. The summed E-state index contributed by atoms with van der Waals surface area (Å²) in [4.78, 5) is 15.3. The summed E-state index contributed by atoms with van der Waals surface area (Å²) in [5, 5.41) is 2.99. The fourth-order valence-corrected chi connectivity index (χ4v) is 3.90. The Bertz CT molecular complexity index is 605. The number of benzene rings is 1. The van der Waals surface area contributed by atoms with Crippen LogP contribution in [0.5, 0.6) is 5.75 Å². The molecule has 2 atom stereocenters. The standard InChI is InChI=1S/C24H40N2O3/c1-5-15-24(4,29-18-6-2)23(27)25-21-11-13-22(14-12-21)28-19-9-17-26-16-8-7-10-20(26)3/h11-14,20H,5-10,15-19H2,1-4H3,(H,25,27)/t20-,24-/m1/s1. The van der Waals surface area contributed by atoms with Crippen LogP contribution in [0.25, 0.3) is 0 Å². The van der Waals surface area contributed by atoms with E-state index in [2.05, 4.69) is 31.0 Å². The quantitative estimate of drug-likeness (QED) is 0.483. The largest absolute Gasteiger partial charge is 0.494 e. The maximum absolute atomic E-state index is 12.7. The Morgan fingerprint density at radius 2 is 1.93 bits per heavy atom. The van der Waals surface area contributed by atoms with Crippen molar-refractivity contribution in [2.75, 3.05) is 31.6 Å². The van der Waals surface area contributed by atoms with Gasteiger partial charge in [0.25, 0.3) is 5.91 Å². The van der Waals surface area contributed by atoms with Gasteiger partial charge in [-0.1, -0.05) is 26.7 Å². The zero-order valence-electron chi connectivity index (χ0n) is 18.8. The van der Waals surface area contributed by atoms with Gasteiger partial charge in [0.2, 0.25) is 0 Å². The number of piperidine rings is 1. The first kappa shape index (κ1) is 23.7. The van der Waals surface area contributed by atoms with Crippen molar-refractivity contribution in [1.82, 2.24) is 4.90 Å². The van der Waals surface area contributed by atoms with E-state index in [1.165, 1.54) is 25.8 Å². The van der Waals surface area contributed by atoms with Crippen LogP contribution in [-0.2, 0) is 9.53 Å². The van der Waals surface area contributed by atoms with Crippen molar-refractivity contribution in [3.8, 4) is 5.75 Å². The summed E-state index contributed by atoms with van der Waals surface area (Å²) in [5.74, 6) is 0.755. The molecule has 1 fully saturated rings. The van der Waals surface area contributed by atoms with E-state index in [1.54, 1.807) is 0 Å². The molecule has 29 heavy (non-hydrogen) atoms. The van der Waals surface area contributed by atoms with Crippen LogP contribution in [0.4, 0.5) is 5.69 Å². The first-order valence-electron chi connectivity index (χ1n) is 11.4. The number of carbonyl (C=O) groups excluding carboxylic acids is 1. The normalized spacial score (nSPS) is 19.5. The second kappa shape index (κ2) is 12.2. The van der Waals surface area contributed by atoms with Crippen LogP contribution in [0.1, 0.15) is 72.6 Å². The van der Waals surface area contributed by atoms with Crippen LogP contribution in [-0.4, -0.2) is 48.8 Å². The van der Waals surface area contributed by atoms with Gasteiger partial charge in [-0.15, -0.1) is 0 Å². The van der Waals surface area contributed by atoms with E-state index < -0.39 is 5.60 Å². The molecule has 1 N–H and O–H groups in total. The Hall–Kier alpha value is -1.59. The van der Waals surface area contributed by atoms with Gasteiger partial charge in [-0.05, 0) is 76.8 Å². The Morgan fingerprint density at radius 1 is 1.17 bits per heavy atom. The highest BCUT2D eigenvalue weighted by molar-refractivity contribution is 5.97. The number of nitrogens with zero attached hydrogens (tertiary/aromatic N) is 1. The number of amides is 1. The Kier molecular flexibility index (Phi) is 9.95. The highest BCUT2D eigenvalue weighted by atomic mass is 16.5. The zero-order chi connectivity index (χ0) is 21.1. The molecule has 0 unspecified atom stereocenters. The molecular formula is C24H40N2O3. The SMILES string of the molecule is CCCO[C@](C)(CCC)C(=O)Nc1ccc(OCCCN2CCCC[C@H]2C)cc1. The van der Waals surface area contributed by atoms with Crippen LogP contribution in [0.2, 0.25) is 0 Å². The molecular weight excluding hydrogens is 364 g/mol. The molecule has 0 radical (unpaired) electrons. The number of rotatable bonds is 12. The number of hydrogen-bond donors (Lipinski definition) is 1. The lowest BCUT2D eigenvalue weighted by Crippen LogP contribution is -2.43. The maximum atomic E-state index is 12.7. The summed E-state index contributed by atoms with van der Waals surface area (Å²) in [6, 6.07) is 8.33. The molecule has 2 rings (SSSR count). The molecule has 5 heteroatoms. The smallest absolute Gasteiger partial charge is 0.256 e. The molecule has 0 saturated carbocycles. The molecule has 1 aromatic carbocycles. The fraction of sp³-hybridized carbons (Fsp3) is 0.708. The van der Waals surface area contributed by atoms with E-state index in [0.717, 1.165) is 37.2 Å². The molecule has 5 nitrogen and oxygen atoms in total. The molecule has 1 aromatic rings. The van der Waals surface area contributed by atoms with Gasteiger partial charge in [0.15, 0.2) is 0 Å². The second-order valence-electron chi connectivity index (χ2n) is 8.39. The monoisotopic (exact) mass is 404 g/mol. The first-order valence-corrected chi connectivity index (χ1v) is 11.4. The van der Waals surface area contributed by atoms with Crippen LogP contribution in [0, 0.1) is 0 Å². The number of likely N-dealkylation sites (tertiary alicyclic amines) is 1. The van der Waals surface area contributed by atoms with Crippen LogP contribution < -0.4 is 10.1 Å². The van der Waals surface area contributed by atoms with Gasteiger partial charge in [-0.25, -0.2) is 0 Å². The lowest BCUT2D eigenvalue weighted by atomic mass is 9.99. The van der Waals surface area contributed by atoms with E-state index in [1.807, 2.05) is 31.2 Å². The van der Waals surface area contributed by atoms with E-state index in [-0.39, 0.29) is 5.91 Å². The number of ether oxygens (including phenoxy) is 2. The molecule has 1 saturated heterocycles. The van der Waals surface area contributed by atoms with Gasteiger partial charge in [0, 0.05) is 24.9 Å². The highest BCUT2D eigenvalue weighted by Crippen LogP contribution is 2.23. The van der Waals surface area contributed by atoms with E-state index in [9.17, 15) is 4.79 Å². The Morgan fingerprint density at radius 3 is 2.59 bits per heavy atom. The van der Waals surface area contributed by atoms with Crippen molar-refractivity contribution in [2.24, 2.45) is 0 Å². The summed E-state index contributed by atoms with van der Waals surface area (Å²) in [7, 11) is 0. The van der Waals surface area contributed by atoms with Crippen molar-refractivity contribution >= 4 is 11.6 Å². The van der Waals surface area contributed by atoms with Gasteiger partial charge in [0.1, 0.15) is 11.4 Å². The molecule has 1 aliphatic heterocycles. The third-order valence-electron chi connectivity index (χ3n) is 5.74. The van der Waals surface area contributed by atoms with E-state index >= 15 is 0 Å². The van der Waals surface area contributed by atoms with Gasteiger partial charge in [-0.3, -0.25) is 4.79 Å². The maximum Gasteiger partial charge on any atom is 0.256 e. The molecule has 1 amide bonds. The third-order valence-corrected chi connectivity index (χ3v) is 5.74. The average molecular weight is 405 g/mol. The van der Waals surface area contributed by atoms with Crippen molar-refractivity contribution in [1.29, 1.82) is 0 Å². The number of carbonyl (C=O) groups is 1. The predicted octanol–water partition coefficient (Wildman–Crippen LogP) is 5.25. The number of hydrogen-bond acceptors (Lipinski definition) is 4. The molecule has 0 bridgehead atoms. The summed E-state index contributed by atoms with van der Waals surface area (Å²) >= 11 is 0. The van der Waals surface area contributed by atoms with E-state index in [4.69, 9.17) is 9.47 Å². The summed E-state index contributed by atoms with van der Waals surface area (Å²) < 4.78 is 11.7. The Labute approximate surface area is 177 Å². The number of anilines is 1. The topological polar surface area (TPSA) is 50.8 Å². The van der Waals surface area contributed by atoms with Gasteiger partial charge < -0.3 is 19.7 Å². The third kappa shape index (κ3) is 7.63. The van der Waals surface area contributed by atoms with Gasteiger partial charge in [-0.2, -0.15) is 0 Å². The minimum Gasteiger partial charge on any atom is -0.494 e. The van der Waals surface area contributed by atoms with Crippen molar-refractivity contribution in [3.05, 3.63) is 24.3 Å². The van der Waals surface area contributed by atoms with E-state index in [0.29, 0.717) is 25.7 Å². The van der Waals surface area contributed by atoms with Crippen LogP contribution in [0.15, 0.2) is 24.3 Å². The fourth-order valence-electron chi connectivity index (χ4n) is 3.90. The molecule has 164 valence electrons. The van der Waals surface area contributed by atoms with Crippen molar-refractivity contribution in [3.63, 3.8) is 0 Å². The summed E-state index contributed by atoms with van der Waals surface area (Å²) in [5.41, 5.74) is -0.0159. The zero-order valence-corrected chi connectivity index (χ0v) is 18.8. The van der Waals surface area contributed by atoms with Crippen molar-refractivity contribution < 1.29 is 14.3 Å². The second-order valence-corrected chi connectivity index (χ2v) is 8.39. The number of nitrogens with one attached hydrogen (secondary N) is 1. The molecule has 1 heterocycles. The molecule has 1 aliphatic rings. The average Bonchev–Trinajstić information content (AvgIpc) is 2.72. The van der Waals surface area contributed by atoms with Crippen LogP contribution >= 0.6 is 0 Å². The first-order chi connectivity index (χ1) is 14.0. The minimum atomic E-state index is -0.786. The summed E-state index contributed by atoms with van der Waals surface area (Å²) in [6.45, 7) is 11.9. The van der Waals surface area contributed by atoms with Crippen molar-refractivity contribution in [2.45, 2.75) is 84.3 Å². The summed E-state index contributed by atoms with van der Waals surface area (Å²) in [6.07, 6.45) is 7.53. The van der Waals surface area contributed by atoms with Gasteiger partial charge in [0.05, 0.1) is 6.61 Å². The lowest BCUT2D eigenvalue weighted by molar-refractivity contribution is -0.140. The predicted molar refractivity (Wildman–Crippen MR) is 120 cm³/mol.